The molecule has 0 radical (unpaired) electrons. The number of anilines is 1. The summed E-state index contributed by atoms with van der Waals surface area (Å²) in [6, 6.07) is 6.16. The molecule has 0 bridgehead atoms. The summed E-state index contributed by atoms with van der Waals surface area (Å²) in [6.07, 6.45) is 0.276. The Balaban J connectivity index is 1.45. The van der Waals surface area contributed by atoms with Crippen LogP contribution in [-0.2, 0) is 16.0 Å². The van der Waals surface area contributed by atoms with Crippen LogP contribution < -0.4 is 10.2 Å². The van der Waals surface area contributed by atoms with Crippen molar-refractivity contribution in [2.75, 3.05) is 36.8 Å². The van der Waals surface area contributed by atoms with Crippen LogP contribution in [0.4, 0.5) is 9.52 Å². The summed E-state index contributed by atoms with van der Waals surface area (Å²) in [7, 11) is 0. The van der Waals surface area contributed by atoms with Crippen LogP contribution in [0.15, 0.2) is 28.6 Å². The van der Waals surface area contributed by atoms with E-state index in [2.05, 4.69) is 20.4 Å². The fourth-order valence-corrected chi connectivity index (χ4v) is 4.62. The van der Waals surface area contributed by atoms with Gasteiger partial charge < -0.3 is 15.1 Å². The van der Waals surface area contributed by atoms with Crippen LogP contribution in [0.3, 0.4) is 0 Å². The number of carbonyl (C=O) groups excluding carboxylic acids is 2. The van der Waals surface area contributed by atoms with Crippen LogP contribution in [-0.4, -0.2) is 64.9 Å². The molecule has 10 heteroatoms. The molecule has 1 fully saturated rings. The molecule has 1 aliphatic heterocycles. The van der Waals surface area contributed by atoms with Gasteiger partial charge in [0.1, 0.15) is 5.82 Å². The van der Waals surface area contributed by atoms with Crippen molar-refractivity contribution in [1.29, 1.82) is 0 Å². The van der Waals surface area contributed by atoms with Gasteiger partial charge in [0.25, 0.3) is 0 Å². The lowest BCUT2D eigenvalue weighted by molar-refractivity contribution is -0.130. The first kappa shape index (κ1) is 21.5. The van der Waals surface area contributed by atoms with Gasteiger partial charge in [0.2, 0.25) is 16.9 Å². The van der Waals surface area contributed by atoms with Crippen molar-refractivity contribution in [3.8, 4) is 0 Å². The number of halogens is 1. The number of nitrogens with one attached hydrogen (secondary N) is 1. The number of amides is 2. The number of nitrogens with zero attached hydrogens (tertiary/aromatic N) is 4. The van der Waals surface area contributed by atoms with E-state index < -0.39 is 0 Å². The van der Waals surface area contributed by atoms with E-state index in [9.17, 15) is 14.0 Å². The third-order valence-electron chi connectivity index (χ3n) is 4.34. The molecule has 1 aromatic carbocycles. The molecule has 0 atom stereocenters. The van der Waals surface area contributed by atoms with Crippen molar-refractivity contribution in [2.45, 2.75) is 30.6 Å². The molecular weight excluding hydrogens is 413 g/mol. The molecule has 3 rings (SSSR count). The Kier molecular flexibility index (Phi) is 7.43. The zero-order valence-electron chi connectivity index (χ0n) is 16.4. The van der Waals surface area contributed by atoms with E-state index in [1.165, 1.54) is 35.2 Å². The maximum absolute atomic E-state index is 13.0. The van der Waals surface area contributed by atoms with Crippen molar-refractivity contribution in [3.05, 3.63) is 35.6 Å². The van der Waals surface area contributed by atoms with Gasteiger partial charge in [0.05, 0.1) is 12.2 Å². The van der Waals surface area contributed by atoms with Crippen molar-refractivity contribution < 1.29 is 14.0 Å². The summed E-state index contributed by atoms with van der Waals surface area (Å²) in [4.78, 5) is 28.1. The Morgan fingerprint density at radius 3 is 2.52 bits per heavy atom. The van der Waals surface area contributed by atoms with Crippen LogP contribution >= 0.6 is 23.1 Å². The van der Waals surface area contributed by atoms with E-state index >= 15 is 0 Å². The fraction of sp³-hybridized carbons (Fsp3) is 0.474. The Morgan fingerprint density at radius 2 is 1.86 bits per heavy atom. The average Bonchev–Trinajstić information content (AvgIpc) is 3.17. The monoisotopic (exact) mass is 437 g/mol. The van der Waals surface area contributed by atoms with Gasteiger partial charge in [-0.15, -0.1) is 10.2 Å². The maximum atomic E-state index is 13.0. The molecule has 7 nitrogen and oxygen atoms in total. The normalized spacial score (nSPS) is 14.3. The summed E-state index contributed by atoms with van der Waals surface area (Å²) >= 11 is 2.84. The summed E-state index contributed by atoms with van der Waals surface area (Å²) in [5, 5.41) is 12.0. The Morgan fingerprint density at radius 1 is 1.17 bits per heavy atom. The Hall–Kier alpha value is -2.20. The lowest BCUT2D eigenvalue weighted by Crippen LogP contribution is -2.49. The van der Waals surface area contributed by atoms with E-state index in [1.54, 1.807) is 12.1 Å². The molecule has 0 unspecified atom stereocenters. The van der Waals surface area contributed by atoms with Crippen molar-refractivity contribution in [1.82, 2.24) is 20.4 Å². The predicted molar refractivity (Wildman–Crippen MR) is 113 cm³/mol. The van der Waals surface area contributed by atoms with E-state index in [4.69, 9.17) is 0 Å². The molecule has 2 amide bonds. The molecule has 1 N–H and O–H groups in total. The summed E-state index contributed by atoms with van der Waals surface area (Å²) in [5.41, 5.74) is 0.811. The number of hydrogen-bond acceptors (Lipinski definition) is 7. The molecule has 0 aliphatic carbocycles. The zero-order chi connectivity index (χ0) is 20.8. The highest BCUT2D eigenvalue weighted by Gasteiger charge is 2.23. The third kappa shape index (κ3) is 6.40. The van der Waals surface area contributed by atoms with Crippen LogP contribution in [0.2, 0.25) is 0 Å². The van der Waals surface area contributed by atoms with Gasteiger partial charge in [-0.2, -0.15) is 0 Å². The average molecular weight is 438 g/mol. The molecule has 156 valence electrons. The third-order valence-corrected chi connectivity index (χ3v) is 6.46. The van der Waals surface area contributed by atoms with E-state index in [1.807, 2.05) is 18.7 Å². The number of rotatable bonds is 7. The first-order valence-corrected chi connectivity index (χ1v) is 11.2. The Bertz CT molecular complexity index is 835. The molecule has 1 aliphatic rings. The minimum atomic E-state index is -0.301. The highest BCUT2D eigenvalue weighted by Crippen LogP contribution is 2.28. The van der Waals surface area contributed by atoms with Gasteiger partial charge in [-0.3, -0.25) is 9.59 Å². The van der Waals surface area contributed by atoms with Gasteiger partial charge >= 0.3 is 0 Å². The number of hydrogen-bond donors (Lipinski definition) is 1. The number of aromatic nitrogens is 2. The van der Waals surface area contributed by atoms with Crippen molar-refractivity contribution >= 4 is 40.0 Å². The number of piperazine rings is 1. The number of carbonyl (C=O) groups is 2. The predicted octanol–water partition coefficient (Wildman–Crippen LogP) is 2.19. The molecule has 29 heavy (non-hydrogen) atoms. The first-order valence-electron chi connectivity index (χ1n) is 9.43. The molecule has 1 saturated heterocycles. The van der Waals surface area contributed by atoms with Gasteiger partial charge in [-0.05, 0) is 31.5 Å². The van der Waals surface area contributed by atoms with E-state index in [-0.39, 0.29) is 30.1 Å². The highest BCUT2D eigenvalue weighted by molar-refractivity contribution is 8.01. The molecular formula is C19H24FN5O2S2. The molecule has 1 aromatic heterocycles. The standard InChI is InChI=1S/C19H24FN5O2S2/c1-13(2)21-16(26)12-28-19-23-22-18(29-19)25-9-7-24(8-10-25)17(27)11-14-3-5-15(20)6-4-14/h3-6,13H,7-12H2,1-2H3,(H,21,26). The largest absolute Gasteiger partial charge is 0.353 e. The lowest BCUT2D eigenvalue weighted by Gasteiger charge is -2.34. The van der Waals surface area contributed by atoms with Gasteiger partial charge in [0, 0.05) is 32.2 Å². The maximum Gasteiger partial charge on any atom is 0.230 e. The van der Waals surface area contributed by atoms with E-state index in [0.29, 0.717) is 31.9 Å². The summed E-state index contributed by atoms with van der Waals surface area (Å²) in [5.74, 6) is 0.0410. The lowest BCUT2D eigenvalue weighted by atomic mass is 10.1. The SMILES string of the molecule is CC(C)NC(=O)CSc1nnc(N2CCN(C(=O)Cc3ccc(F)cc3)CC2)s1. The van der Waals surface area contributed by atoms with Gasteiger partial charge in [0.15, 0.2) is 4.34 Å². The van der Waals surface area contributed by atoms with Gasteiger partial charge in [-0.25, -0.2) is 4.39 Å². The van der Waals surface area contributed by atoms with E-state index in [0.717, 1.165) is 15.0 Å². The number of thioether (sulfide) groups is 1. The second kappa shape index (κ2) is 10.0. The second-order valence-electron chi connectivity index (χ2n) is 7.03. The van der Waals surface area contributed by atoms with Crippen molar-refractivity contribution in [3.63, 3.8) is 0 Å². The number of benzene rings is 1. The quantitative estimate of drug-likeness (QED) is 0.669. The van der Waals surface area contributed by atoms with Crippen LogP contribution in [0.1, 0.15) is 19.4 Å². The highest BCUT2D eigenvalue weighted by atomic mass is 32.2. The molecule has 2 aromatic rings. The zero-order valence-corrected chi connectivity index (χ0v) is 18.1. The smallest absolute Gasteiger partial charge is 0.230 e. The molecule has 0 spiro atoms. The first-order chi connectivity index (χ1) is 13.9. The topological polar surface area (TPSA) is 78.4 Å². The fourth-order valence-electron chi connectivity index (χ4n) is 2.92. The summed E-state index contributed by atoms with van der Waals surface area (Å²) in [6.45, 7) is 6.44. The Labute approximate surface area is 177 Å². The second-order valence-corrected chi connectivity index (χ2v) is 9.21. The van der Waals surface area contributed by atoms with Crippen LogP contribution in [0.25, 0.3) is 0 Å². The van der Waals surface area contributed by atoms with Gasteiger partial charge in [-0.1, -0.05) is 35.2 Å². The van der Waals surface area contributed by atoms with Crippen LogP contribution in [0.5, 0.6) is 0 Å². The van der Waals surface area contributed by atoms with Crippen LogP contribution in [0, 0.1) is 5.82 Å². The summed E-state index contributed by atoms with van der Waals surface area (Å²) < 4.78 is 13.7. The molecule has 2 heterocycles. The molecule has 0 saturated carbocycles. The van der Waals surface area contributed by atoms with Crippen molar-refractivity contribution in [2.24, 2.45) is 0 Å². The minimum Gasteiger partial charge on any atom is -0.353 e. The minimum absolute atomic E-state index is 0.0185.